The van der Waals surface area contributed by atoms with E-state index in [1.807, 2.05) is 68.4 Å². The van der Waals surface area contributed by atoms with Gasteiger partial charge in [0.2, 0.25) is 11.9 Å². The average molecular weight is 372 g/mol. The molecule has 0 fully saturated rings. The summed E-state index contributed by atoms with van der Waals surface area (Å²) in [6, 6.07) is 19.0. The molecule has 0 spiro atoms. The van der Waals surface area contributed by atoms with Crippen molar-refractivity contribution in [1.29, 1.82) is 5.26 Å². The normalized spacial score (nSPS) is 11.1. The molecule has 0 saturated carbocycles. The van der Waals surface area contributed by atoms with Gasteiger partial charge in [-0.25, -0.2) is 0 Å². The molecule has 140 valence electrons. The highest BCUT2D eigenvalue weighted by molar-refractivity contribution is 5.88. The van der Waals surface area contributed by atoms with E-state index < -0.39 is 0 Å². The van der Waals surface area contributed by atoms with Crippen LogP contribution in [0.5, 0.6) is 5.75 Å². The summed E-state index contributed by atoms with van der Waals surface area (Å²) in [6.07, 6.45) is 1.69. The maximum atomic E-state index is 9.66. The van der Waals surface area contributed by atoms with Gasteiger partial charge in [-0.05, 0) is 38.1 Å². The lowest BCUT2D eigenvalue weighted by molar-refractivity contribution is 0.242. The first-order chi connectivity index (χ1) is 13.5. The Hall–Kier alpha value is -3.92. The zero-order valence-corrected chi connectivity index (χ0v) is 15.6. The number of rotatable bonds is 6. The molecule has 0 aliphatic heterocycles. The molecule has 7 heteroatoms. The van der Waals surface area contributed by atoms with Crippen LogP contribution in [0.4, 0.5) is 17.6 Å². The number of aromatic nitrogens is 3. The van der Waals surface area contributed by atoms with Gasteiger partial charge in [-0.1, -0.05) is 36.4 Å². The van der Waals surface area contributed by atoms with Crippen molar-refractivity contribution < 1.29 is 4.74 Å². The fourth-order valence-electron chi connectivity index (χ4n) is 2.48. The Kier molecular flexibility index (Phi) is 5.82. The maximum absolute atomic E-state index is 9.66. The Balaban J connectivity index is 1.97. The van der Waals surface area contributed by atoms with Gasteiger partial charge in [-0.2, -0.15) is 20.2 Å². The van der Waals surface area contributed by atoms with Crippen LogP contribution < -0.4 is 15.8 Å². The number of nitrogen functional groups attached to an aromatic ring is 1. The molecule has 1 heterocycles. The topological polar surface area (TPSA) is 110 Å². The van der Waals surface area contributed by atoms with Crippen molar-refractivity contribution in [1.82, 2.24) is 15.0 Å². The highest BCUT2D eigenvalue weighted by Gasteiger charge is 2.12. The van der Waals surface area contributed by atoms with Crippen LogP contribution in [0.15, 0.2) is 54.6 Å². The van der Waals surface area contributed by atoms with Crippen molar-refractivity contribution in [2.24, 2.45) is 0 Å². The Morgan fingerprint density at radius 1 is 1.07 bits per heavy atom. The average Bonchev–Trinajstić information content (AvgIpc) is 2.67. The number of anilines is 3. The monoisotopic (exact) mass is 372 g/mol. The minimum atomic E-state index is 0.00887. The highest BCUT2D eigenvalue weighted by Crippen LogP contribution is 2.25. The van der Waals surface area contributed by atoms with Gasteiger partial charge in [-0.15, -0.1) is 0 Å². The number of hydrogen-bond donors (Lipinski definition) is 2. The Morgan fingerprint density at radius 3 is 2.50 bits per heavy atom. The number of hydrogen-bond acceptors (Lipinski definition) is 7. The van der Waals surface area contributed by atoms with E-state index in [2.05, 4.69) is 26.3 Å². The Morgan fingerprint density at radius 2 is 1.79 bits per heavy atom. The molecular formula is C21H20N6O. The van der Waals surface area contributed by atoms with Crippen molar-refractivity contribution in [2.45, 2.75) is 20.0 Å². The summed E-state index contributed by atoms with van der Waals surface area (Å²) in [5, 5.41) is 12.7. The molecule has 0 saturated heterocycles. The van der Waals surface area contributed by atoms with Crippen LogP contribution in [0.2, 0.25) is 0 Å². The van der Waals surface area contributed by atoms with Gasteiger partial charge in [0.1, 0.15) is 11.8 Å². The molecule has 3 aromatic rings. The predicted molar refractivity (Wildman–Crippen MR) is 110 cm³/mol. The van der Waals surface area contributed by atoms with Crippen LogP contribution >= 0.6 is 0 Å². The lowest BCUT2D eigenvalue weighted by Gasteiger charge is -2.12. The van der Waals surface area contributed by atoms with Gasteiger partial charge in [-0.3, -0.25) is 0 Å². The van der Waals surface area contributed by atoms with Crippen molar-refractivity contribution in [3.8, 4) is 11.8 Å². The molecule has 0 aliphatic rings. The largest absolute Gasteiger partial charge is 0.490 e. The summed E-state index contributed by atoms with van der Waals surface area (Å²) in [6.45, 7) is 3.89. The molecule has 0 atom stereocenters. The summed E-state index contributed by atoms with van der Waals surface area (Å²) in [5.41, 5.74) is 7.64. The second-order valence-electron chi connectivity index (χ2n) is 6.21. The van der Waals surface area contributed by atoms with Crippen molar-refractivity contribution in [2.75, 3.05) is 11.1 Å². The number of nitriles is 1. The number of nitrogens with one attached hydrogen (secondary N) is 1. The third-order valence-corrected chi connectivity index (χ3v) is 3.63. The molecule has 0 aliphatic carbocycles. The second-order valence-corrected chi connectivity index (χ2v) is 6.21. The summed E-state index contributed by atoms with van der Waals surface area (Å²) in [7, 11) is 0. The van der Waals surface area contributed by atoms with E-state index >= 15 is 0 Å². The van der Waals surface area contributed by atoms with Gasteiger partial charge >= 0.3 is 0 Å². The van der Waals surface area contributed by atoms with Gasteiger partial charge < -0.3 is 15.8 Å². The van der Waals surface area contributed by atoms with E-state index in [0.29, 0.717) is 5.75 Å². The Labute approximate surface area is 163 Å². The van der Waals surface area contributed by atoms with Gasteiger partial charge in [0.05, 0.1) is 11.7 Å². The third kappa shape index (κ3) is 4.83. The molecule has 7 nitrogen and oxygen atoms in total. The zero-order valence-electron chi connectivity index (χ0n) is 15.6. The van der Waals surface area contributed by atoms with E-state index in [1.165, 1.54) is 0 Å². The van der Waals surface area contributed by atoms with Crippen LogP contribution in [0.3, 0.4) is 0 Å². The standard InChI is InChI=1S/C21H20N6O/c1-14(2)28-18-11-7-6-8-15(18)12-16(13-22)19-25-20(23)27-21(26-19)24-17-9-4-3-5-10-17/h3-12,14H,1-2H3,(H3,23,24,25,26,27)/b16-12+. The molecule has 0 unspecified atom stereocenters. The molecule has 0 bridgehead atoms. The molecule has 3 N–H and O–H groups in total. The van der Waals surface area contributed by atoms with Crippen molar-refractivity contribution >= 4 is 29.2 Å². The minimum Gasteiger partial charge on any atom is -0.490 e. The van der Waals surface area contributed by atoms with Crippen LogP contribution in [-0.2, 0) is 0 Å². The number of allylic oxidation sites excluding steroid dienone is 1. The van der Waals surface area contributed by atoms with Crippen LogP contribution in [-0.4, -0.2) is 21.1 Å². The molecule has 0 radical (unpaired) electrons. The zero-order chi connectivity index (χ0) is 19.9. The fourth-order valence-corrected chi connectivity index (χ4v) is 2.48. The van der Waals surface area contributed by atoms with Crippen molar-refractivity contribution in [3.63, 3.8) is 0 Å². The Bertz CT molecular complexity index is 1020. The maximum Gasteiger partial charge on any atom is 0.232 e. The lowest BCUT2D eigenvalue weighted by atomic mass is 10.1. The van der Waals surface area contributed by atoms with E-state index in [4.69, 9.17) is 10.5 Å². The van der Waals surface area contributed by atoms with Crippen LogP contribution in [0.25, 0.3) is 11.6 Å². The number of nitrogens with zero attached hydrogens (tertiary/aromatic N) is 4. The smallest absolute Gasteiger partial charge is 0.232 e. The summed E-state index contributed by atoms with van der Waals surface area (Å²) < 4.78 is 5.81. The second kappa shape index (κ2) is 8.64. The van der Waals surface area contributed by atoms with Crippen LogP contribution in [0, 0.1) is 11.3 Å². The SMILES string of the molecule is CC(C)Oc1ccccc1/C=C(\C#N)c1nc(N)nc(Nc2ccccc2)n1. The molecule has 28 heavy (non-hydrogen) atoms. The number of benzene rings is 2. The first kappa shape index (κ1) is 18.9. The van der Waals surface area contributed by atoms with Gasteiger partial charge in [0.15, 0.2) is 5.82 Å². The van der Waals surface area contributed by atoms with Crippen LogP contribution in [0.1, 0.15) is 25.2 Å². The fraction of sp³-hybridized carbons (Fsp3) is 0.143. The summed E-state index contributed by atoms with van der Waals surface area (Å²) in [4.78, 5) is 12.6. The molecule has 2 aromatic carbocycles. The summed E-state index contributed by atoms with van der Waals surface area (Å²) in [5.74, 6) is 1.15. The molecule has 0 amide bonds. The van der Waals surface area contributed by atoms with Crippen molar-refractivity contribution in [3.05, 3.63) is 66.0 Å². The predicted octanol–water partition coefficient (Wildman–Crippen LogP) is 4.05. The number of para-hydroxylation sites is 2. The molecular weight excluding hydrogens is 352 g/mol. The van der Waals surface area contributed by atoms with E-state index in [1.54, 1.807) is 6.08 Å². The first-order valence-electron chi connectivity index (χ1n) is 8.76. The number of nitrogens with two attached hydrogens (primary N) is 1. The summed E-state index contributed by atoms with van der Waals surface area (Å²) >= 11 is 0. The van der Waals surface area contributed by atoms with Gasteiger partial charge in [0, 0.05) is 11.3 Å². The van der Waals surface area contributed by atoms with E-state index in [0.717, 1.165) is 11.3 Å². The molecule has 3 rings (SSSR count). The first-order valence-corrected chi connectivity index (χ1v) is 8.76. The third-order valence-electron chi connectivity index (χ3n) is 3.63. The van der Waals surface area contributed by atoms with Gasteiger partial charge in [0.25, 0.3) is 0 Å². The number of ether oxygens (including phenoxy) is 1. The van der Waals surface area contributed by atoms with E-state index in [-0.39, 0.29) is 29.4 Å². The highest BCUT2D eigenvalue weighted by atomic mass is 16.5. The van der Waals surface area contributed by atoms with E-state index in [9.17, 15) is 5.26 Å². The lowest BCUT2D eigenvalue weighted by Crippen LogP contribution is -2.07. The quantitative estimate of drug-likeness (QED) is 0.628. The molecule has 1 aromatic heterocycles. The minimum absolute atomic E-state index is 0.00887.